The van der Waals surface area contributed by atoms with Crippen LogP contribution < -0.4 is 11.5 Å². The number of nitrogens with two attached hydrogens (primary N) is 2. The van der Waals surface area contributed by atoms with Gasteiger partial charge in [0.1, 0.15) is 0 Å². The summed E-state index contributed by atoms with van der Waals surface area (Å²) in [5, 5.41) is 34.5. The van der Waals surface area contributed by atoms with E-state index in [2.05, 4.69) is 26.1 Å². The SMILES string of the molecule is CO.COC(=O)CC(N)c1cc(Cl)c(O)c(Cl)c1.NC(CC(=O)O)c1cc(Cl)c(O)c(Cl)c1.O=S(Cl)Cl. The number of aliphatic hydroxyl groups excluding tert-OH is 1. The zero-order chi connectivity index (χ0) is 29.5. The maximum atomic E-state index is 11.0. The number of hydrogen-bond donors (Lipinski definition) is 6. The van der Waals surface area contributed by atoms with Gasteiger partial charge in [0.2, 0.25) is 9.23 Å². The molecule has 2 unspecified atom stereocenters. The van der Waals surface area contributed by atoms with Gasteiger partial charge in [0.25, 0.3) is 0 Å². The van der Waals surface area contributed by atoms with Gasteiger partial charge in [0, 0.05) is 40.6 Å². The number of aliphatic hydroxyl groups is 1. The number of methoxy groups -OCH3 is 1. The van der Waals surface area contributed by atoms with Crippen molar-refractivity contribution in [2.24, 2.45) is 11.5 Å². The molecule has 0 spiro atoms. The summed E-state index contributed by atoms with van der Waals surface area (Å²) in [5.41, 5.74) is 12.4. The Bertz CT molecular complexity index is 1010. The summed E-state index contributed by atoms with van der Waals surface area (Å²) < 4.78 is 13.6. The fraction of sp³-hybridized carbons (Fsp3) is 0.300. The number of aromatic hydroxyl groups is 2. The van der Waals surface area contributed by atoms with Crippen LogP contribution in [0.1, 0.15) is 36.1 Å². The number of benzene rings is 2. The highest BCUT2D eigenvalue weighted by Crippen LogP contribution is 2.35. The molecule has 0 saturated heterocycles. The molecule has 0 aromatic heterocycles. The van der Waals surface area contributed by atoms with Crippen LogP contribution in [0.5, 0.6) is 11.5 Å². The standard InChI is InChI=1S/C10H11Cl2NO3.C9H9Cl2NO3.CH4O.Cl2OS/c1-16-9(14)4-8(13)5-2-6(11)10(15)7(12)3-5;10-5-1-4(2-6(11)9(5)15)7(12)3-8(13)14;1-2;1-4(2)3/h2-3,8,15H,4,13H2,1H3;1-2,7,15H,3,12H2,(H,13,14);2H,1H3;. The van der Waals surface area contributed by atoms with E-state index >= 15 is 0 Å². The molecule has 2 atom stereocenters. The maximum absolute atomic E-state index is 11.0. The van der Waals surface area contributed by atoms with Crippen molar-refractivity contribution in [1.29, 1.82) is 0 Å². The number of carbonyl (C=O) groups excluding carboxylic acids is 1. The summed E-state index contributed by atoms with van der Waals surface area (Å²) in [7, 11) is 9.64. The van der Waals surface area contributed by atoms with Crippen LogP contribution in [0.25, 0.3) is 0 Å². The van der Waals surface area contributed by atoms with Gasteiger partial charge in [0.15, 0.2) is 11.5 Å². The highest BCUT2D eigenvalue weighted by Gasteiger charge is 2.16. The Morgan fingerprint density at radius 2 is 1.11 bits per heavy atom. The van der Waals surface area contributed by atoms with Crippen molar-refractivity contribution < 1.29 is 39.0 Å². The van der Waals surface area contributed by atoms with Crippen molar-refractivity contribution in [3.63, 3.8) is 0 Å². The van der Waals surface area contributed by atoms with E-state index in [0.717, 1.165) is 7.11 Å². The number of carboxylic acids is 1. The van der Waals surface area contributed by atoms with E-state index in [-0.39, 0.29) is 44.4 Å². The van der Waals surface area contributed by atoms with Crippen LogP contribution >= 0.6 is 67.8 Å². The van der Waals surface area contributed by atoms with E-state index in [9.17, 15) is 19.8 Å². The highest BCUT2D eigenvalue weighted by molar-refractivity contribution is 8.26. The third-order valence-corrected chi connectivity index (χ3v) is 5.10. The van der Waals surface area contributed by atoms with Crippen LogP contribution in [-0.2, 0) is 23.6 Å². The molecule has 17 heteroatoms. The van der Waals surface area contributed by atoms with Crippen molar-refractivity contribution in [3.05, 3.63) is 55.5 Å². The van der Waals surface area contributed by atoms with Crippen molar-refractivity contribution in [1.82, 2.24) is 0 Å². The lowest BCUT2D eigenvalue weighted by atomic mass is 10.0. The average molecular weight is 665 g/mol. The van der Waals surface area contributed by atoms with E-state index in [1.54, 1.807) is 0 Å². The second-order valence-electron chi connectivity index (χ2n) is 6.44. The van der Waals surface area contributed by atoms with Crippen LogP contribution in [0, 0.1) is 0 Å². The van der Waals surface area contributed by atoms with E-state index in [4.69, 9.17) is 72.3 Å². The van der Waals surface area contributed by atoms with Crippen molar-refractivity contribution in [2.45, 2.75) is 24.9 Å². The Hall–Kier alpha value is -1.25. The summed E-state index contributed by atoms with van der Waals surface area (Å²) >= 11 is 22.8. The molecular formula is C20H24Cl6N2O8S. The maximum Gasteiger partial charge on any atom is 0.307 e. The number of halogens is 6. The van der Waals surface area contributed by atoms with Gasteiger partial charge < -0.3 is 36.6 Å². The summed E-state index contributed by atoms with van der Waals surface area (Å²) in [4.78, 5) is 21.4. The highest BCUT2D eigenvalue weighted by atomic mass is 36.0. The van der Waals surface area contributed by atoms with Crippen LogP contribution in [0.2, 0.25) is 20.1 Å². The molecule has 0 bridgehead atoms. The molecule has 2 rings (SSSR count). The second-order valence-corrected chi connectivity index (χ2v) is 10.6. The summed E-state index contributed by atoms with van der Waals surface area (Å²) in [6.07, 6.45) is -0.203. The van der Waals surface area contributed by atoms with Gasteiger partial charge >= 0.3 is 11.9 Å². The molecule has 0 aliphatic carbocycles. The number of phenols is 2. The summed E-state index contributed by atoms with van der Waals surface area (Å²) in [5.74, 6) is -1.86. The number of rotatable bonds is 6. The molecule has 8 N–H and O–H groups in total. The molecule has 0 radical (unpaired) electrons. The molecule has 0 amide bonds. The zero-order valence-electron chi connectivity index (χ0n) is 19.1. The average Bonchev–Trinajstić information content (AvgIpc) is 2.81. The summed E-state index contributed by atoms with van der Waals surface area (Å²) in [6.45, 7) is 0. The van der Waals surface area contributed by atoms with Gasteiger partial charge in [-0.15, -0.1) is 0 Å². The third-order valence-electron chi connectivity index (χ3n) is 3.94. The van der Waals surface area contributed by atoms with Gasteiger partial charge in [-0.3, -0.25) is 9.59 Å². The lowest BCUT2D eigenvalue weighted by molar-refractivity contribution is -0.141. The number of hydrogen-bond acceptors (Lipinski definition) is 9. The Morgan fingerprint density at radius 3 is 1.35 bits per heavy atom. The van der Waals surface area contributed by atoms with Crippen LogP contribution in [0.3, 0.4) is 0 Å². The summed E-state index contributed by atoms with van der Waals surface area (Å²) in [6, 6.07) is 4.47. The van der Waals surface area contributed by atoms with E-state index in [0.29, 0.717) is 11.1 Å². The molecular weight excluding hydrogens is 641 g/mol. The van der Waals surface area contributed by atoms with Crippen molar-refractivity contribution >= 4 is 88.9 Å². The number of ether oxygens (including phenoxy) is 1. The molecule has 0 aliphatic rings. The topological polar surface area (TPSA) is 193 Å². The minimum Gasteiger partial charge on any atom is -0.505 e. The van der Waals surface area contributed by atoms with Gasteiger partial charge in [-0.05, 0) is 35.4 Å². The van der Waals surface area contributed by atoms with Crippen molar-refractivity contribution in [2.75, 3.05) is 14.2 Å². The van der Waals surface area contributed by atoms with E-state index in [1.165, 1.54) is 31.4 Å². The Morgan fingerprint density at radius 1 is 0.838 bits per heavy atom. The zero-order valence-corrected chi connectivity index (χ0v) is 24.5. The second kappa shape index (κ2) is 19.8. The van der Waals surface area contributed by atoms with Gasteiger partial charge in [-0.2, -0.15) is 0 Å². The first-order valence-corrected chi connectivity index (χ1v) is 13.8. The first-order valence-electron chi connectivity index (χ1n) is 9.45. The predicted octanol–water partition coefficient (Wildman–Crippen LogP) is 5.09. The quantitative estimate of drug-likeness (QED) is 0.179. The number of carboxylic acid groups (broad SMARTS) is 1. The lowest BCUT2D eigenvalue weighted by Crippen LogP contribution is -2.16. The fourth-order valence-electron chi connectivity index (χ4n) is 2.29. The van der Waals surface area contributed by atoms with E-state index < -0.39 is 33.2 Å². The van der Waals surface area contributed by atoms with Gasteiger partial charge in [0.05, 0.1) is 40.0 Å². The largest absolute Gasteiger partial charge is 0.505 e. The molecule has 0 saturated carbocycles. The number of esters is 1. The van der Waals surface area contributed by atoms with Crippen molar-refractivity contribution in [3.8, 4) is 11.5 Å². The van der Waals surface area contributed by atoms with Gasteiger partial charge in [-0.25, -0.2) is 4.21 Å². The monoisotopic (exact) mass is 662 g/mol. The van der Waals surface area contributed by atoms with Crippen LogP contribution in [0.15, 0.2) is 24.3 Å². The first-order chi connectivity index (χ1) is 17.1. The molecule has 2 aromatic rings. The number of carbonyl (C=O) groups is 2. The Kier molecular flexibility index (Phi) is 20.2. The lowest BCUT2D eigenvalue weighted by Gasteiger charge is -2.12. The number of aliphatic carboxylic acids is 1. The first kappa shape index (κ1) is 37.9. The minimum atomic E-state index is -1.67. The van der Waals surface area contributed by atoms with Crippen LogP contribution in [0.4, 0.5) is 0 Å². The Balaban J connectivity index is 0. The molecule has 37 heavy (non-hydrogen) atoms. The fourth-order valence-corrected chi connectivity index (χ4v) is 3.29. The molecule has 0 aliphatic heterocycles. The Labute approximate surface area is 244 Å². The molecule has 10 nitrogen and oxygen atoms in total. The third kappa shape index (κ3) is 15.7. The smallest absolute Gasteiger partial charge is 0.307 e. The van der Waals surface area contributed by atoms with E-state index in [1.807, 2.05) is 0 Å². The molecule has 210 valence electrons. The van der Waals surface area contributed by atoms with Gasteiger partial charge in [-0.1, -0.05) is 46.4 Å². The minimum absolute atomic E-state index is 0.0218. The molecule has 2 aromatic carbocycles. The predicted molar refractivity (Wildman–Crippen MR) is 147 cm³/mol. The molecule has 0 heterocycles. The van der Waals surface area contributed by atoms with Crippen LogP contribution in [-0.4, -0.2) is 50.8 Å². The molecule has 0 fully saturated rings. The number of phenolic OH excluding ortho intramolecular Hbond substituents is 2. The normalized spacial score (nSPS) is 11.5.